The van der Waals surface area contributed by atoms with Crippen molar-refractivity contribution < 1.29 is 0 Å². The van der Waals surface area contributed by atoms with Gasteiger partial charge in [-0.3, -0.25) is 0 Å². The van der Waals surface area contributed by atoms with Crippen molar-refractivity contribution in [1.82, 2.24) is 29.7 Å². The van der Waals surface area contributed by atoms with Gasteiger partial charge in [-0.05, 0) is 30.0 Å². The smallest absolute Gasteiger partial charge is 0.257 e. The van der Waals surface area contributed by atoms with Crippen LogP contribution in [-0.4, -0.2) is 29.7 Å². The Kier molecular flexibility index (Phi) is 3.48. The number of anilines is 1. The first-order valence-electron chi connectivity index (χ1n) is 5.51. The van der Waals surface area contributed by atoms with Gasteiger partial charge < -0.3 is 5.73 Å². The molecule has 100 valence electrons. The maximum Gasteiger partial charge on any atom is 0.257 e. The minimum atomic E-state index is 0.120. The van der Waals surface area contributed by atoms with E-state index in [9.17, 15) is 0 Å². The molecule has 0 aliphatic heterocycles. The van der Waals surface area contributed by atoms with Crippen LogP contribution in [0.5, 0.6) is 0 Å². The lowest BCUT2D eigenvalue weighted by molar-refractivity contribution is 0.763. The monoisotopic (exact) mass is 305 g/mol. The van der Waals surface area contributed by atoms with Crippen LogP contribution in [0.1, 0.15) is 0 Å². The highest BCUT2D eigenvalue weighted by molar-refractivity contribution is 7.99. The lowest BCUT2D eigenvalue weighted by Crippen LogP contribution is -2.07. The van der Waals surface area contributed by atoms with Gasteiger partial charge in [0.2, 0.25) is 5.95 Å². The van der Waals surface area contributed by atoms with Gasteiger partial charge >= 0.3 is 0 Å². The number of nitrogens with two attached hydrogens (primary N) is 1. The van der Waals surface area contributed by atoms with Crippen LogP contribution in [0.3, 0.4) is 0 Å². The average Bonchev–Trinajstić information content (AvgIpc) is 2.91. The maximum atomic E-state index is 5.94. The molecule has 0 unspecified atom stereocenters. The van der Waals surface area contributed by atoms with Crippen molar-refractivity contribution >= 4 is 29.3 Å². The van der Waals surface area contributed by atoms with Crippen molar-refractivity contribution in [1.29, 1.82) is 0 Å². The number of halogens is 1. The third kappa shape index (κ3) is 2.86. The summed E-state index contributed by atoms with van der Waals surface area (Å²) >= 11 is 7.28. The average molecular weight is 306 g/mol. The molecule has 9 heteroatoms. The first-order valence-corrected chi connectivity index (χ1v) is 6.70. The molecule has 0 amide bonds. The largest absolute Gasteiger partial charge is 0.368 e. The number of aromatic nitrogens is 6. The van der Waals surface area contributed by atoms with Gasteiger partial charge in [-0.2, -0.15) is 24.7 Å². The van der Waals surface area contributed by atoms with E-state index in [0.717, 1.165) is 4.90 Å². The summed E-state index contributed by atoms with van der Waals surface area (Å²) in [6, 6.07) is 7.38. The van der Waals surface area contributed by atoms with E-state index in [4.69, 9.17) is 17.3 Å². The second-order valence-corrected chi connectivity index (χ2v) is 5.15. The minimum Gasteiger partial charge on any atom is -0.368 e. The van der Waals surface area contributed by atoms with Gasteiger partial charge in [-0.15, -0.1) is 0 Å². The quantitative estimate of drug-likeness (QED) is 0.788. The molecule has 0 aliphatic carbocycles. The van der Waals surface area contributed by atoms with E-state index in [-0.39, 0.29) is 5.95 Å². The highest BCUT2D eigenvalue weighted by atomic mass is 35.5. The fraction of sp³-hybridized carbons (Fsp3) is 0. The van der Waals surface area contributed by atoms with Crippen LogP contribution in [0, 0.1) is 0 Å². The van der Waals surface area contributed by atoms with Crippen molar-refractivity contribution in [2.24, 2.45) is 0 Å². The Bertz CT molecular complexity index is 731. The van der Waals surface area contributed by atoms with Crippen molar-refractivity contribution in [2.75, 3.05) is 5.73 Å². The molecule has 0 fully saturated rings. The molecule has 1 aromatic carbocycles. The van der Waals surface area contributed by atoms with Gasteiger partial charge in [-0.25, -0.2) is 4.98 Å². The molecular weight excluding hydrogens is 298 g/mol. The predicted molar refractivity (Wildman–Crippen MR) is 74.7 cm³/mol. The Hall–Kier alpha value is -2.19. The maximum absolute atomic E-state index is 5.94. The number of hydrogen-bond acceptors (Lipinski definition) is 7. The molecule has 0 atom stereocenters. The molecular formula is C11H8ClN7S. The van der Waals surface area contributed by atoms with Crippen molar-refractivity contribution in [3.05, 3.63) is 41.9 Å². The molecule has 7 nitrogen and oxygen atoms in total. The summed E-state index contributed by atoms with van der Waals surface area (Å²) < 4.78 is 1.42. The Morgan fingerprint density at radius 1 is 1.20 bits per heavy atom. The third-order valence-electron chi connectivity index (χ3n) is 2.25. The van der Waals surface area contributed by atoms with Crippen LogP contribution >= 0.6 is 23.4 Å². The molecule has 0 saturated carbocycles. The van der Waals surface area contributed by atoms with Crippen LogP contribution in [0.25, 0.3) is 5.95 Å². The van der Waals surface area contributed by atoms with E-state index in [1.807, 2.05) is 18.2 Å². The van der Waals surface area contributed by atoms with Crippen LogP contribution in [0.2, 0.25) is 5.02 Å². The molecule has 2 heterocycles. The minimum absolute atomic E-state index is 0.120. The normalized spacial score (nSPS) is 10.7. The summed E-state index contributed by atoms with van der Waals surface area (Å²) in [5.41, 5.74) is 5.69. The van der Waals surface area contributed by atoms with Crippen LogP contribution in [0.4, 0.5) is 5.95 Å². The molecule has 2 aromatic heterocycles. The highest BCUT2D eigenvalue weighted by Gasteiger charge is 2.08. The number of hydrogen-bond donors (Lipinski definition) is 1. The first kappa shape index (κ1) is 12.8. The molecule has 20 heavy (non-hydrogen) atoms. The standard InChI is InChI=1S/C11H8ClN7S/c12-7-2-1-3-8(4-7)20-11-17-9(13)16-10(18-11)19-6-14-5-15-19/h1-6H,(H2,13,16,17,18). The predicted octanol–water partition coefficient (Wildman–Crippen LogP) is 1.84. The first-order chi connectivity index (χ1) is 9.70. The number of nitrogen functional groups attached to an aromatic ring is 1. The Morgan fingerprint density at radius 3 is 2.85 bits per heavy atom. The van der Waals surface area contributed by atoms with E-state index in [1.165, 1.54) is 29.1 Å². The van der Waals surface area contributed by atoms with Gasteiger partial charge in [0.05, 0.1) is 0 Å². The molecule has 2 N–H and O–H groups in total. The number of rotatable bonds is 3. The molecule has 3 rings (SSSR count). The molecule has 0 radical (unpaired) electrons. The molecule has 3 aromatic rings. The second-order valence-electron chi connectivity index (χ2n) is 3.68. The number of nitrogens with zero attached hydrogens (tertiary/aromatic N) is 6. The van der Waals surface area contributed by atoms with Gasteiger partial charge in [-0.1, -0.05) is 17.7 Å². The molecule has 0 saturated heterocycles. The van der Waals surface area contributed by atoms with E-state index >= 15 is 0 Å². The van der Waals surface area contributed by atoms with Gasteiger partial charge in [0.25, 0.3) is 5.95 Å². The fourth-order valence-corrected chi connectivity index (χ4v) is 2.52. The zero-order valence-corrected chi connectivity index (χ0v) is 11.6. The number of benzene rings is 1. The van der Waals surface area contributed by atoms with E-state index in [1.54, 1.807) is 6.07 Å². The summed E-state index contributed by atoms with van der Waals surface area (Å²) in [5, 5.41) is 5.07. The van der Waals surface area contributed by atoms with Gasteiger partial charge in [0, 0.05) is 9.92 Å². The second kappa shape index (κ2) is 5.43. The summed E-state index contributed by atoms with van der Waals surface area (Å²) in [5.74, 6) is 0.439. The Morgan fingerprint density at radius 2 is 2.10 bits per heavy atom. The highest BCUT2D eigenvalue weighted by Crippen LogP contribution is 2.27. The lowest BCUT2D eigenvalue weighted by atomic mass is 10.4. The van der Waals surface area contributed by atoms with Crippen LogP contribution in [-0.2, 0) is 0 Å². The molecule has 0 aliphatic rings. The zero-order valence-electron chi connectivity index (χ0n) is 10.0. The summed E-state index contributed by atoms with van der Waals surface area (Å²) in [7, 11) is 0. The molecule has 0 spiro atoms. The van der Waals surface area contributed by atoms with Gasteiger partial charge in [0.15, 0.2) is 5.16 Å². The summed E-state index contributed by atoms with van der Waals surface area (Å²) in [4.78, 5) is 17.1. The summed E-state index contributed by atoms with van der Waals surface area (Å²) in [6.45, 7) is 0. The summed E-state index contributed by atoms with van der Waals surface area (Å²) in [6.07, 6.45) is 2.88. The van der Waals surface area contributed by atoms with Gasteiger partial charge in [0.1, 0.15) is 12.7 Å². The van der Waals surface area contributed by atoms with E-state index in [0.29, 0.717) is 16.1 Å². The topological polar surface area (TPSA) is 95.4 Å². The molecule has 0 bridgehead atoms. The van der Waals surface area contributed by atoms with E-state index < -0.39 is 0 Å². The van der Waals surface area contributed by atoms with Crippen LogP contribution in [0.15, 0.2) is 47.0 Å². The van der Waals surface area contributed by atoms with Crippen molar-refractivity contribution in [3.63, 3.8) is 0 Å². The van der Waals surface area contributed by atoms with Crippen molar-refractivity contribution in [3.8, 4) is 5.95 Å². The lowest BCUT2D eigenvalue weighted by Gasteiger charge is -2.04. The third-order valence-corrected chi connectivity index (χ3v) is 3.34. The van der Waals surface area contributed by atoms with Crippen molar-refractivity contribution in [2.45, 2.75) is 10.1 Å². The fourth-order valence-electron chi connectivity index (χ4n) is 1.46. The van der Waals surface area contributed by atoms with E-state index in [2.05, 4.69) is 25.0 Å². The Balaban J connectivity index is 1.94. The van der Waals surface area contributed by atoms with Crippen LogP contribution < -0.4 is 5.73 Å². The Labute approximate surface area is 123 Å². The SMILES string of the molecule is Nc1nc(Sc2cccc(Cl)c2)nc(-n2cncn2)n1. The zero-order chi connectivity index (χ0) is 13.9.